The number of rotatable bonds is 6. The van der Waals surface area contributed by atoms with Crippen LogP contribution in [-0.4, -0.2) is 28.2 Å². The summed E-state index contributed by atoms with van der Waals surface area (Å²) in [7, 11) is 1.57. The fourth-order valence-corrected chi connectivity index (χ4v) is 1.32. The predicted molar refractivity (Wildman–Crippen MR) is 59.1 cm³/mol. The molecule has 0 spiro atoms. The number of nitrogens with one attached hydrogen (secondary N) is 1. The van der Waals surface area contributed by atoms with Gasteiger partial charge in [0, 0.05) is 20.3 Å². The van der Waals surface area contributed by atoms with Crippen LogP contribution in [0.2, 0.25) is 0 Å². The van der Waals surface area contributed by atoms with Gasteiger partial charge in [0.15, 0.2) is 0 Å². The fourth-order valence-electron chi connectivity index (χ4n) is 1.32. The zero-order chi connectivity index (χ0) is 12.8. The highest BCUT2D eigenvalue weighted by molar-refractivity contribution is 5.20. The van der Waals surface area contributed by atoms with Crippen molar-refractivity contribution in [2.24, 2.45) is 0 Å². The topological polar surface area (TPSA) is 107 Å². The minimum Gasteiger partial charge on any atom is -0.385 e. The van der Waals surface area contributed by atoms with Crippen LogP contribution >= 0.6 is 0 Å². The summed E-state index contributed by atoms with van der Waals surface area (Å²) in [5, 5.41) is 10.5. The standard InChI is InChI=1S/C9H13N3O5/c1-17-5-3-2-4-11-6-7(12(15)16)8(13)10-9(11)14/h6H,2-5H2,1H3,(H,10,13,14). The van der Waals surface area contributed by atoms with Gasteiger partial charge >= 0.3 is 16.9 Å². The van der Waals surface area contributed by atoms with E-state index in [1.54, 1.807) is 7.11 Å². The Morgan fingerprint density at radius 3 is 2.76 bits per heavy atom. The summed E-state index contributed by atoms with van der Waals surface area (Å²) in [6.07, 6.45) is 2.33. The molecule has 1 rings (SSSR count). The molecule has 0 aromatic carbocycles. The van der Waals surface area contributed by atoms with Crippen molar-refractivity contribution >= 4 is 5.69 Å². The molecule has 0 amide bonds. The van der Waals surface area contributed by atoms with Crippen molar-refractivity contribution in [2.45, 2.75) is 19.4 Å². The first kappa shape index (κ1) is 13.1. The van der Waals surface area contributed by atoms with E-state index in [2.05, 4.69) is 0 Å². The Hall–Kier alpha value is -1.96. The SMILES string of the molecule is COCCCCn1cc([N+](=O)[O-])c(=O)[nH]c1=O. The maximum Gasteiger partial charge on any atom is 0.350 e. The lowest BCUT2D eigenvalue weighted by molar-refractivity contribution is -0.386. The van der Waals surface area contributed by atoms with E-state index in [4.69, 9.17) is 4.74 Å². The van der Waals surface area contributed by atoms with E-state index in [1.165, 1.54) is 0 Å². The van der Waals surface area contributed by atoms with Crippen LogP contribution in [0.4, 0.5) is 5.69 Å². The molecule has 0 aliphatic carbocycles. The predicted octanol–water partition coefficient (Wildman–Crippen LogP) is -0.129. The number of methoxy groups -OCH3 is 1. The molecule has 8 nitrogen and oxygen atoms in total. The van der Waals surface area contributed by atoms with Crippen LogP contribution in [-0.2, 0) is 11.3 Å². The Balaban J connectivity index is 2.85. The van der Waals surface area contributed by atoms with Crippen molar-refractivity contribution in [1.29, 1.82) is 0 Å². The lowest BCUT2D eigenvalue weighted by Crippen LogP contribution is -2.30. The molecule has 1 heterocycles. The van der Waals surface area contributed by atoms with Gasteiger partial charge in [0.25, 0.3) is 0 Å². The largest absolute Gasteiger partial charge is 0.385 e. The Bertz CT molecular complexity index is 504. The maximum atomic E-state index is 11.3. The molecule has 0 aliphatic heterocycles. The van der Waals surface area contributed by atoms with Gasteiger partial charge in [-0.05, 0) is 12.8 Å². The number of unbranched alkanes of at least 4 members (excludes halogenated alkanes) is 1. The number of ether oxygens (including phenoxy) is 1. The molecular weight excluding hydrogens is 230 g/mol. The van der Waals surface area contributed by atoms with Gasteiger partial charge in [-0.25, -0.2) is 4.79 Å². The van der Waals surface area contributed by atoms with Crippen molar-refractivity contribution in [3.05, 3.63) is 37.1 Å². The molecule has 1 aromatic rings. The Kier molecular flexibility index (Phi) is 4.58. The van der Waals surface area contributed by atoms with Gasteiger partial charge in [-0.15, -0.1) is 0 Å². The van der Waals surface area contributed by atoms with Crippen LogP contribution in [0.25, 0.3) is 0 Å². The lowest BCUT2D eigenvalue weighted by Gasteiger charge is -2.03. The van der Waals surface area contributed by atoms with Crippen LogP contribution in [0.3, 0.4) is 0 Å². The van der Waals surface area contributed by atoms with Crippen LogP contribution in [0.15, 0.2) is 15.8 Å². The van der Waals surface area contributed by atoms with Gasteiger partial charge < -0.3 is 4.74 Å². The Morgan fingerprint density at radius 1 is 1.47 bits per heavy atom. The average molecular weight is 243 g/mol. The number of aromatic amines is 1. The second-order valence-corrected chi connectivity index (χ2v) is 3.42. The van der Waals surface area contributed by atoms with Gasteiger partial charge in [0.1, 0.15) is 0 Å². The minimum atomic E-state index is -0.979. The van der Waals surface area contributed by atoms with E-state index < -0.39 is 21.9 Å². The third kappa shape index (κ3) is 3.52. The molecule has 0 fully saturated rings. The molecule has 0 radical (unpaired) electrons. The average Bonchev–Trinajstić information content (AvgIpc) is 2.26. The van der Waals surface area contributed by atoms with Crippen molar-refractivity contribution in [3.8, 4) is 0 Å². The van der Waals surface area contributed by atoms with E-state index in [1.807, 2.05) is 4.98 Å². The maximum absolute atomic E-state index is 11.3. The van der Waals surface area contributed by atoms with Crippen molar-refractivity contribution in [1.82, 2.24) is 9.55 Å². The van der Waals surface area contributed by atoms with Gasteiger partial charge in [0.2, 0.25) is 0 Å². The summed E-state index contributed by atoms with van der Waals surface area (Å²) in [5.74, 6) is 0. The Morgan fingerprint density at radius 2 is 2.18 bits per heavy atom. The highest BCUT2D eigenvalue weighted by atomic mass is 16.6. The number of hydrogen-bond acceptors (Lipinski definition) is 5. The molecule has 0 saturated carbocycles. The molecular formula is C9H13N3O5. The second-order valence-electron chi connectivity index (χ2n) is 3.42. The Labute approximate surface area is 96.0 Å². The van der Waals surface area contributed by atoms with Crippen molar-refractivity contribution in [3.63, 3.8) is 0 Å². The zero-order valence-electron chi connectivity index (χ0n) is 9.34. The first-order valence-corrected chi connectivity index (χ1v) is 5.03. The molecule has 1 aromatic heterocycles. The lowest BCUT2D eigenvalue weighted by atomic mass is 10.3. The fraction of sp³-hybridized carbons (Fsp3) is 0.556. The molecule has 1 N–H and O–H groups in total. The summed E-state index contributed by atoms with van der Waals surface area (Å²) in [4.78, 5) is 34.0. The highest BCUT2D eigenvalue weighted by Gasteiger charge is 2.14. The van der Waals surface area contributed by atoms with Gasteiger partial charge in [-0.1, -0.05) is 0 Å². The van der Waals surface area contributed by atoms with Crippen LogP contribution in [0, 0.1) is 10.1 Å². The van der Waals surface area contributed by atoms with Gasteiger partial charge in [-0.3, -0.25) is 24.5 Å². The second kappa shape index (κ2) is 5.94. The summed E-state index contributed by atoms with van der Waals surface area (Å²) in [6, 6.07) is 0. The molecule has 17 heavy (non-hydrogen) atoms. The molecule has 0 saturated heterocycles. The summed E-state index contributed by atoms with van der Waals surface area (Å²) in [5.41, 5.74) is -2.25. The zero-order valence-corrected chi connectivity index (χ0v) is 9.34. The molecule has 0 atom stereocenters. The molecule has 94 valence electrons. The smallest absolute Gasteiger partial charge is 0.350 e. The number of aromatic nitrogens is 2. The molecule has 0 bridgehead atoms. The van der Waals surface area contributed by atoms with E-state index in [-0.39, 0.29) is 0 Å². The molecule has 8 heteroatoms. The number of nitrogens with zero attached hydrogens (tertiary/aromatic N) is 2. The third-order valence-electron chi connectivity index (χ3n) is 2.19. The van der Waals surface area contributed by atoms with Crippen LogP contribution < -0.4 is 11.2 Å². The van der Waals surface area contributed by atoms with E-state index in [0.29, 0.717) is 19.6 Å². The number of nitro groups is 1. The first-order chi connectivity index (χ1) is 8.06. The normalized spacial score (nSPS) is 10.4. The van der Waals surface area contributed by atoms with Gasteiger partial charge in [-0.2, -0.15) is 0 Å². The van der Waals surface area contributed by atoms with Crippen LogP contribution in [0.5, 0.6) is 0 Å². The number of H-pyrrole nitrogens is 1. The third-order valence-corrected chi connectivity index (χ3v) is 2.19. The highest BCUT2D eigenvalue weighted by Crippen LogP contribution is 2.00. The molecule has 0 unspecified atom stereocenters. The first-order valence-electron chi connectivity index (χ1n) is 5.03. The van der Waals surface area contributed by atoms with E-state index in [0.717, 1.165) is 17.2 Å². The quantitative estimate of drug-likeness (QED) is 0.425. The van der Waals surface area contributed by atoms with Crippen LogP contribution in [0.1, 0.15) is 12.8 Å². The van der Waals surface area contributed by atoms with Crippen molar-refractivity contribution in [2.75, 3.05) is 13.7 Å². The number of aryl methyl sites for hydroxylation is 1. The van der Waals surface area contributed by atoms with E-state index >= 15 is 0 Å². The van der Waals surface area contributed by atoms with E-state index in [9.17, 15) is 19.7 Å². The van der Waals surface area contributed by atoms with Crippen molar-refractivity contribution < 1.29 is 9.66 Å². The number of hydrogen-bond donors (Lipinski definition) is 1. The summed E-state index contributed by atoms with van der Waals surface area (Å²) in [6.45, 7) is 0.861. The summed E-state index contributed by atoms with van der Waals surface area (Å²) >= 11 is 0. The summed E-state index contributed by atoms with van der Waals surface area (Å²) < 4.78 is 5.96. The molecule has 0 aliphatic rings. The van der Waals surface area contributed by atoms with Gasteiger partial charge in [0.05, 0.1) is 11.1 Å². The monoisotopic (exact) mass is 243 g/mol. The minimum absolute atomic E-state index is 0.305.